The van der Waals surface area contributed by atoms with Crippen molar-refractivity contribution in [2.45, 2.75) is 18.9 Å². The average Bonchev–Trinajstić information content (AvgIpc) is 2.67. The van der Waals surface area contributed by atoms with Gasteiger partial charge in [0, 0.05) is 12.7 Å². The molecular formula is C10H12N2OS. The Morgan fingerprint density at radius 1 is 1.57 bits per heavy atom. The molecule has 3 nitrogen and oxygen atoms in total. The Labute approximate surface area is 87.8 Å². The molecule has 1 atom stereocenters. The lowest BCUT2D eigenvalue weighted by Crippen LogP contribution is -2.21. The standard InChI is InChI=1S/C10H12N2OS/c13-7-12-5-1-2-9(12)8-3-4-10(14)11-6-8/h3-4,6-7,9H,1-2,5H2,(H,11,14). The maximum Gasteiger partial charge on any atom is 0.210 e. The van der Waals surface area contributed by atoms with E-state index in [9.17, 15) is 4.79 Å². The van der Waals surface area contributed by atoms with E-state index in [1.165, 1.54) is 0 Å². The van der Waals surface area contributed by atoms with Gasteiger partial charge in [-0.25, -0.2) is 0 Å². The number of hydrogen-bond donors (Lipinski definition) is 1. The van der Waals surface area contributed by atoms with Crippen LogP contribution in [-0.4, -0.2) is 22.8 Å². The highest BCUT2D eigenvalue weighted by Gasteiger charge is 2.24. The minimum absolute atomic E-state index is 0.236. The van der Waals surface area contributed by atoms with E-state index in [1.807, 2.05) is 23.2 Å². The second kappa shape index (κ2) is 3.92. The fourth-order valence-corrected chi connectivity index (χ4v) is 2.03. The van der Waals surface area contributed by atoms with Gasteiger partial charge >= 0.3 is 0 Å². The first-order chi connectivity index (χ1) is 6.81. The summed E-state index contributed by atoms with van der Waals surface area (Å²) in [5.41, 5.74) is 1.14. The Morgan fingerprint density at radius 3 is 3.07 bits per heavy atom. The third-order valence-electron chi connectivity index (χ3n) is 2.62. The molecular weight excluding hydrogens is 196 g/mol. The molecule has 1 aromatic heterocycles. The minimum Gasteiger partial charge on any atom is -0.353 e. The van der Waals surface area contributed by atoms with Gasteiger partial charge < -0.3 is 9.88 Å². The van der Waals surface area contributed by atoms with E-state index in [1.54, 1.807) is 0 Å². The molecule has 0 bridgehead atoms. The SMILES string of the molecule is O=CN1CCCC1c1ccc(=S)[nH]c1. The van der Waals surface area contributed by atoms with Crippen molar-refractivity contribution >= 4 is 18.6 Å². The number of amides is 1. The Hall–Kier alpha value is -1.16. The van der Waals surface area contributed by atoms with Crippen LogP contribution in [0.5, 0.6) is 0 Å². The van der Waals surface area contributed by atoms with Gasteiger partial charge in [0.05, 0.1) is 6.04 Å². The number of aromatic nitrogens is 1. The van der Waals surface area contributed by atoms with Gasteiger partial charge in [-0.2, -0.15) is 0 Å². The van der Waals surface area contributed by atoms with Gasteiger partial charge in [0.2, 0.25) is 6.41 Å². The first-order valence-corrected chi connectivity index (χ1v) is 5.12. The summed E-state index contributed by atoms with van der Waals surface area (Å²) < 4.78 is 0.726. The lowest BCUT2D eigenvalue weighted by atomic mass is 10.1. The van der Waals surface area contributed by atoms with Gasteiger partial charge in [0.15, 0.2) is 0 Å². The largest absolute Gasteiger partial charge is 0.353 e. The maximum absolute atomic E-state index is 10.8. The quantitative estimate of drug-likeness (QED) is 0.596. The molecule has 1 fully saturated rings. The zero-order chi connectivity index (χ0) is 9.97. The second-order valence-electron chi connectivity index (χ2n) is 3.49. The summed E-state index contributed by atoms with van der Waals surface area (Å²) in [7, 11) is 0. The molecule has 1 aromatic rings. The molecule has 0 radical (unpaired) electrons. The molecule has 0 aromatic carbocycles. The fourth-order valence-electron chi connectivity index (χ4n) is 1.90. The van der Waals surface area contributed by atoms with Crippen LogP contribution < -0.4 is 0 Å². The number of rotatable bonds is 2. The monoisotopic (exact) mass is 208 g/mol. The average molecular weight is 208 g/mol. The van der Waals surface area contributed by atoms with Crippen molar-refractivity contribution in [2.75, 3.05) is 6.54 Å². The topological polar surface area (TPSA) is 36.1 Å². The number of H-pyrrole nitrogens is 1. The highest BCUT2D eigenvalue weighted by molar-refractivity contribution is 7.71. The van der Waals surface area contributed by atoms with E-state index in [0.717, 1.165) is 36.0 Å². The second-order valence-corrected chi connectivity index (χ2v) is 3.93. The van der Waals surface area contributed by atoms with Crippen molar-refractivity contribution in [3.63, 3.8) is 0 Å². The summed E-state index contributed by atoms with van der Waals surface area (Å²) in [5.74, 6) is 0. The van der Waals surface area contributed by atoms with Crippen LogP contribution >= 0.6 is 12.2 Å². The van der Waals surface area contributed by atoms with Crippen molar-refractivity contribution in [2.24, 2.45) is 0 Å². The van der Waals surface area contributed by atoms with Crippen molar-refractivity contribution in [1.82, 2.24) is 9.88 Å². The van der Waals surface area contributed by atoms with Crippen molar-refractivity contribution < 1.29 is 4.79 Å². The number of pyridine rings is 1. The van der Waals surface area contributed by atoms with E-state index in [0.29, 0.717) is 0 Å². The lowest BCUT2D eigenvalue weighted by molar-refractivity contribution is -0.118. The molecule has 0 aliphatic carbocycles. The van der Waals surface area contributed by atoms with Crippen LogP contribution in [0.1, 0.15) is 24.4 Å². The first-order valence-electron chi connectivity index (χ1n) is 4.71. The number of aromatic amines is 1. The number of likely N-dealkylation sites (tertiary alicyclic amines) is 1. The molecule has 0 saturated carbocycles. The molecule has 0 spiro atoms. The molecule has 2 rings (SSSR count). The third-order valence-corrected chi connectivity index (χ3v) is 2.88. The third kappa shape index (κ3) is 1.70. The van der Waals surface area contributed by atoms with Gasteiger partial charge in [-0.15, -0.1) is 0 Å². The van der Waals surface area contributed by atoms with E-state index in [-0.39, 0.29) is 6.04 Å². The van der Waals surface area contributed by atoms with Crippen LogP contribution in [0.4, 0.5) is 0 Å². The molecule has 1 aliphatic rings. The molecule has 74 valence electrons. The van der Waals surface area contributed by atoms with Crippen LogP contribution in [0, 0.1) is 4.64 Å². The van der Waals surface area contributed by atoms with Crippen molar-refractivity contribution in [3.05, 3.63) is 28.5 Å². The normalized spacial score (nSPS) is 21.1. The predicted molar refractivity (Wildman–Crippen MR) is 56.4 cm³/mol. The minimum atomic E-state index is 0.236. The molecule has 1 amide bonds. The summed E-state index contributed by atoms with van der Waals surface area (Å²) in [6.45, 7) is 0.865. The van der Waals surface area contributed by atoms with Crippen LogP contribution in [0.25, 0.3) is 0 Å². The molecule has 14 heavy (non-hydrogen) atoms. The number of nitrogens with zero attached hydrogens (tertiary/aromatic N) is 1. The summed E-state index contributed by atoms with van der Waals surface area (Å²) >= 11 is 4.97. The highest BCUT2D eigenvalue weighted by Crippen LogP contribution is 2.29. The molecule has 1 unspecified atom stereocenters. The fraction of sp³-hybridized carbons (Fsp3) is 0.400. The molecule has 1 N–H and O–H groups in total. The van der Waals surface area contributed by atoms with E-state index < -0.39 is 0 Å². The predicted octanol–water partition coefficient (Wildman–Crippen LogP) is 2.04. The van der Waals surface area contributed by atoms with Gasteiger partial charge in [0.1, 0.15) is 4.64 Å². The van der Waals surface area contributed by atoms with Gasteiger partial charge in [-0.1, -0.05) is 18.3 Å². The van der Waals surface area contributed by atoms with E-state index in [2.05, 4.69) is 4.98 Å². The zero-order valence-corrected chi connectivity index (χ0v) is 8.59. The smallest absolute Gasteiger partial charge is 0.210 e. The lowest BCUT2D eigenvalue weighted by Gasteiger charge is -2.19. The first kappa shape index (κ1) is 9.40. The molecule has 2 heterocycles. The van der Waals surface area contributed by atoms with Crippen LogP contribution in [0.15, 0.2) is 18.3 Å². The van der Waals surface area contributed by atoms with E-state index in [4.69, 9.17) is 12.2 Å². The molecule has 1 saturated heterocycles. The summed E-state index contributed by atoms with van der Waals surface area (Å²) in [4.78, 5) is 15.6. The van der Waals surface area contributed by atoms with Gasteiger partial charge in [0.25, 0.3) is 0 Å². The summed E-state index contributed by atoms with van der Waals surface area (Å²) in [6, 6.07) is 4.09. The van der Waals surface area contributed by atoms with Crippen molar-refractivity contribution in [3.8, 4) is 0 Å². The Morgan fingerprint density at radius 2 is 2.43 bits per heavy atom. The van der Waals surface area contributed by atoms with Crippen molar-refractivity contribution in [1.29, 1.82) is 0 Å². The molecule has 4 heteroatoms. The van der Waals surface area contributed by atoms with Gasteiger partial charge in [-0.3, -0.25) is 4.79 Å². The van der Waals surface area contributed by atoms with E-state index >= 15 is 0 Å². The summed E-state index contributed by atoms with van der Waals surface area (Å²) in [6.07, 6.45) is 4.95. The highest BCUT2D eigenvalue weighted by atomic mass is 32.1. The number of nitrogens with one attached hydrogen (secondary N) is 1. The number of carbonyl (C=O) groups excluding carboxylic acids is 1. The number of hydrogen-bond acceptors (Lipinski definition) is 2. The molecule has 1 aliphatic heterocycles. The number of carbonyl (C=O) groups is 1. The van der Waals surface area contributed by atoms with Crippen LogP contribution in [0.2, 0.25) is 0 Å². The Kier molecular flexibility index (Phi) is 2.63. The maximum atomic E-state index is 10.8. The zero-order valence-electron chi connectivity index (χ0n) is 7.77. The Bertz CT molecular complexity index is 367. The Balaban J connectivity index is 2.25. The summed E-state index contributed by atoms with van der Waals surface area (Å²) in [5, 5.41) is 0. The van der Waals surface area contributed by atoms with Crippen LogP contribution in [-0.2, 0) is 4.79 Å². The van der Waals surface area contributed by atoms with Crippen LogP contribution in [0.3, 0.4) is 0 Å². The van der Waals surface area contributed by atoms with Gasteiger partial charge in [-0.05, 0) is 24.5 Å².